The Bertz CT molecular complexity index is 794. The van der Waals surface area contributed by atoms with Crippen LogP contribution < -0.4 is 4.74 Å². The van der Waals surface area contributed by atoms with E-state index in [1.807, 2.05) is 30.3 Å². The SMILES string of the molecule is O=S(=O)(CCOc1ccccc1)N1CCCCC(c2ccc(F)cc2)C1. The average Bonchev–Trinajstić information content (AvgIpc) is 2.90. The number of nitrogens with zero attached hydrogens (tertiary/aromatic N) is 1. The van der Waals surface area contributed by atoms with E-state index in [1.54, 1.807) is 16.4 Å². The summed E-state index contributed by atoms with van der Waals surface area (Å²) in [4.78, 5) is 0. The zero-order valence-corrected chi connectivity index (χ0v) is 15.5. The number of para-hydroxylation sites is 1. The molecule has 0 amide bonds. The first-order chi connectivity index (χ1) is 12.5. The molecule has 1 heterocycles. The number of sulfonamides is 1. The fourth-order valence-corrected chi connectivity index (χ4v) is 4.64. The van der Waals surface area contributed by atoms with Crippen molar-refractivity contribution < 1.29 is 17.5 Å². The molecule has 2 aromatic carbocycles. The molecule has 140 valence electrons. The molecule has 0 aliphatic carbocycles. The van der Waals surface area contributed by atoms with E-state index in [0.29, 0.717) is 18.8 Å². The van der Waals surface area contributed by atoms with Crippen LogP contribution in [0, 0.1) is 5.82 Å². The van der Waals surface area contributed by atoms with Gasteiger partial charge < -0.3 is 4.74 Å². The second-order valence-electron chi connectivity index (χ2n) is 6.58. The first-order valence-electron chi connectivity index (χ1n) is 8.96. The summed E-state index contributed by atoms with van der Waals surface area (Å²) in [6, 6.07) is 15.6. The summed E-state index contributed by atoms with van der Waals surface area (Å²) in [6.45, 7) is 1.11. The van der Waals surface area contributed by atoms with Crippen molar-refractivity contribution in [1.29, 1.82) is 0 Å². The molecule has 1 fully saturated rings. The van der Waals surface area contributed by atoms with Crippen LogP contribution in [0.4, 0.5) is 4.39 Å². The number of rotatable bonds is 6. The van der Waals surface area contributed by atoms with Crippen molar-refractivity contribution in [3.8, 4) is 5.75 Å². The van der Waals surface area contributed by atoms with Crippen LogP contribution in [0.1, 0.15) is 30.7 Å². The predicted molar refractivity (Wildman–Crippen MR) is 100 cm³/mol. The monoisotopic (exact) mass is 377 g/mol. The van der Waals surface area contributed by atoms with Gasteiger partial charge in [-0.3, -0.25) is 0 Å². The van der Waals surface area contributed by atoms with Crippen molar-refractivity contribution in [3.05, 3.63) is 66.0 Å². The molecule has 0 spiro atoms. The highest BCUT2D eigenvalue weighted by Gasteiger charge is 2.28. The Hall–Kier alpha value is -1.92. The minimum absolute atomic E-state index is 0.0436. The lowest BCUT2D eigenvalue weighted by Crippen LogP contribution is -2.37. The molecule has 26 heavy (non-hydrogen) atoms. The lowest BCUT2D eigenvalue weighted by Gasteiger charge is -2.24. The fourth-order valence-electron chi connectivity index (χ4n) is 3.28. The van der Waals surface area contributed by atoms with Gasteiger partial charge in [-0.15, -0.1) is 0 Å². The third-order valence-electron chi connectivity index (χ3n) is 4.72. The second kappa shape index (κ2) is 8.64. The van der Waals surface area contributed by atoms with Crippen molar-refractivity contribution >= 4 is 10.0 Å². The summed E-state index contributed by atoms with van der Waals surface area (Å²) in [5, 5.41) is 0. The standard InChI is InChI=1S/C20H24FNO3S/c21-19-11-9-17(10-12-19)18-6-4-5-13-22(16-18)26(23,24)15-14-25-20-7-2-1-3-8-20/h1-3,7-12,18H,4-6,13-16H2. The van der Waals surface area contributed by atoms with Crippen LogP contribution in [0.25, 0.3) is 0 Å². The Morgan fingerprint density at radius 2 is 1.77 bits per heavy atom. The van der Waals surface area contributed by atoms with E-state index in [1.165, 1.54) is 12.1 Å². The third-order valence-corrected chi connectivity index (χ3v) is 6.52. The van der Waals surface area contributed by atoms with Crippen LogP contribution in [-0.2, 0) is 10.0 Å². The van der Waals surface area contributed by atoms with Crippen LogP contribution in [0.2, 0.25) is 0 Å². The van der Waals surface area contributed by atoms with Crippen molar-refractivity contribution in [2.75, 3.05) is 25.4 Å². The quantitative estimate of drug-likeness (QED) is 0.769. The minimum atomic E-state index is -3.39. The molecular weight excluding hydrogens is 353 g/mol. The minimum Gasteiger partial charge on any atom is -0.492 e. The van der Waals surface area contributed by atoms with Gasteiger partial charge in [-0.05, 0) is 48.6 Å². The molecule has 0 aromatic heterocycles. The van der Waals surface area contributed by atoms with E-state index in [4.69, 9.17) is 4.74 Å². The van der Waals surface area contributed by atoms with Gasteiger partial charge >= 0.3 is 0 Å². The molecule has 3 rings (SSSR count). The van der Waals surface area contributed by atoms with E-state index < -0.39 is 10.0 Å². The van der Waals surface area contributed by atoms with Gasteiger partial charge in [0.25, 0.3) is 0 Å². The number of halogens is 1. The van der Waals surface area contributed by atoms with E-state index in [2.05, 4.69) is 0 Å². The number of benzene rings is 2. The molecule has 0 bridgehead atoms. The third kappa shape index (κ3) is 5.05. The summed E-state index contributed by atoms with van der Waals surface area (Å²) >= 11 is 0. The first kappa shape index (κ1) is 18.9. The molecule has 1 saturated heterocycles. The Morgan fingerprint density at radius 3 is 2.50 bits per heavy atom. The van der Waals surface area contributed by atoms with E-state index in [9.17, 15) is 12.8 Å². The second-order valence-corrected chi connectivity index (χ2v) is 8.67. The predicted octanol–water partition coefficient (Wildman–Crippen LogP) is 3.80. The molecular formula is C20H24FNO3S. The Labute approximate surface area is 154 Å². The number of ether oxygens (including phenoxy) is 1. The van der Waals surface area contributed by atoms with Gasteiger partial charge in [0.1, 0.15) is 18.2 Å². The molecule has 1 aliphatic rings. The molecule has 1 aliphatic heterocycles. The summed E-state index contributed by atoms with van der Waals surface area (Å²) in [6.07, 6.45) is 2.73. The van der Waals surface area contributed by atoms with Crippen LogP contribution in [0.15, 0.2) is 54.6 Å². The maximum atomic E-state index is 13.2. The van der Waals surface area contributed by atoms with Crippen LogP contribution in [0.5, 0.6) is 5.75 Å². The molecule has 0 radical (unpaired) electrons. The summed E-state index contributed by atoms with van der Waals surface area (Å²) in [7, 11) is -3.39. The molecule has 1 unspecified atom stereocenters. The number of hydrogen-bond donors (Lipinski definition) is 0. The normalized spacial score (nSPS) is 19.0. The van der Waals surface area contributed by atoms with Gasteiger partial charge in [-0.1, -0.05) is 36.8 Å². The van der Waals surface area contributed by atoms with Crippen molar-refractivity contribution in [2.24, 2.45) is 0 Å². The number of hydrogen-bond acceptors (Lipinski definition) is 3. The first-order valence-corrected chi connectivity index (χ1v) is 10.6. The average molecular weight is 377 g/mol. The van der Waals surface area contributed by atoms with E-state index in [-0.39, 0.29) is 24.1 Å². The highest BCUT2D eigenvalue weighted by Crippen LogP contribution is 2.28. The van der Waals surface area contributed by atoms with Gasteiger partial charge in [-0.25, -0.2) is 17.1 Å². The zero-order chi connectivity index (χ0) is 18.4. The van der Waals surface area contributed by atoms with Crippen LogP contribution in [0.3, 0.4) is 0 Å². The molecule has 0 N–H and O–H groups in total. The Morgan fingerprint density at radius 1 is 1.04 bits per heavy atom. The van der Waals surface area contributed by atoms with Gasteiger partial charge in [0.2, 0.25) is 10.0 Å². The summed E-state index contributed by atoms with van der Waals surface area (Å²) in [5.74, 6) is 0.452. The topological polar surface area (TPSA) is 46.6 Å². The Kier molecular flexibility index (Phi) is 6.27. The summed E-state index contributed by atoms with van der Waals surface area (Å²) in [5.41, 5.74) is 0.994. The molecule has 6 heteroatoms. The van der Waals surface area contributed by atoms with Gasteiger partial charge in [-0.2, -0.15) is 0 Å². The lowest BCUT2D eigenvalue weighted by molar-refractivity contribution is 0.333. The Balaban J connectivity index is 1.62. The molecule has 0 saturated carbocycles. The fraction of sp³-hybridized carbons (Fsp3) is 0.400. The van der Waals surface area contributed by atoms with Crippen molar-refractivity contribution in [3.63, 3.8) is 0 Å². The highest BCUT2D eigenvalue weighted by molar-refractivity contribution is 7.89. The zero-order valence-electron chi connectivity index (χ0n) is 14.7. The van der Waals surface area contributed by atoms with Crippen LogP contribution >= 0.6 is 0 Å². The molecule has 2 aromatic rings. The maximum absolute atomic E-state index is 13.2. The van der Waals surface area contributed by atoms with Crippen molar-refractivity contribution in [2.45, 2.75) is 25.2 Å². The lowest BCUT2D eigenvalue weighted by atomic mass is 9.95. The highest BCUT2D eigenvalue weighted by atomic mass is 32.2. The van der Waals surface area contributed by atoms with Gasteiger partial charge in [0.05, 0.1) is 5.75 Å². The van der Waals surface area contributed by atoms with Gasteiger partial charge in [0.15, 0.2) is 0 Å². The van der Waals surface area contributed by atoms with E-state index >= 15 is 0 Å². The van der Waals surface area contributed by atoms with Crippen molar-refractivity contribution in [1.82, 2.24) is 4.31 Å². The summed E-state index contributed by atoms with van der Waals surface area (Å²) < 4.78 is 45.8. The molecule has 1 atom stereocenters. The maximum Gasteiger partial charge on any atom is 0.217 e. The van der Waals surface area contributed by atoms with Crippen LogP contribution in [-0.4, -0.2) is 38.2 Å². The largest absolute Gasteiger partial charge is 0.492 e. The molecule has 4 nitrogen and oxygen atoms in total. The van der Waals surface area contributed by atoms with E-state index in [0.717, 1.165) is 24.8 Å². The van der Waals surface area contributed by atoms with Gasteiger partial charge in [0, 0.05) is 13.1 Å². The smallest absolute Gasteiger partial charge is 0.217 e.